The van der Waals surface area contributed by atoms with Crippen LogP contribution in [0.2, 0.25) is 0 Å². The van der Waals surface area contributed by atoms with E-state index in [1.807, 2.05) is 0 Å². The third-order valence-corrected chi connectivity index (χ3v) is 13.4. The van der Waals surface area contributed by atoms with Crippen LogP contribution in [0.25, 0.3) is 77.7 Å². The SMILES string of the molecule is CC1(C)c2ccccc2-c2ccc(-c3cccc(C4=CC(c5ccccc5)=NC(c5cccc(-c6cccc7c6c6cc(-c8ccccc8)ccc6n7-c6ccccc6)c5)N4)c3)cc21. The lowest BCUT2D eigenvalue weighted by molar-refractivity contribution is 0.660. The number of rotatable bonds is 7. The summed E-state index contributed by atoms with van der Waals surface area (Å²) in [4.78, 5) is 5.41. The molecule has 0 spiro atoms. The van der Waals surface area contributed by atoms with E-state index < -0.39 is 0 Å². The number of para-hydroxylation sites is 1. The van der Waals surface area contributed by atoms with Crippen molar-refractivity contribution in [2.75, 3.05) is 0 Å². The number of allylic oxidation sites excluding steroid dienone is 1. The number of hydrogen-bond donors (Lipinski definition) is 1. The highest BCUT2D eigenvalue weighted by atomic mass is 15.1. The van der Waals surface area contributed by atoms with Gasteiger partial charge < -0.3 is 9.88 Å². The third kappa shape index (κ3) is 6.31. The van der Waals surface area contributed by atoms with E-state index in [2.05, 4.69) is 248 Å². The first-order valence-electron chi connectivity index (χ1n) is 22.2. The lowest BCUT2D eigenvalue weighted by atomic mass is 9.81. The van der Waals surface area contributed by atoms with Crippen molar-refractivity contribution < 1.29 is 0 Å². The van der Waals surface area contributed by atoms with Crippen LogP contribution in [0.5, 0.6) is 0 Å². The van der Waals surface area contributed by atoms with Crippen molar-refractivity contribution in [2.24, 2.45) is 4.99 Å². The van der Waals surface area contributed by atoms with Gasteiger partial charge in [-0.15, -0.1) is 0 Å². The monoisotopic (exact) mass is 819 g/mol. The zero-order valence-corrected chi connectivity index (χ0v) is 35.8. The Morgan fingerprint density at radius 1 is 0.438 bits per heavy atom. The van der Waals surface area contributed by atoms with Crippen LogP contribution >= 0.6 is 0 Å². The van der Waals surface area contributed by atoms with Crippen molar-refractivity contribution in [3.8, 4) is 50.2 Å². The van der Waals surface area contributed by atoms with Crippen molar-refractivity contribution in [2.45, 2.75) is 25.4 Å². The number of nitrogens with one attached hydrogen (secondary N) is 1. The van der Waals surface area contributed by atoms with Gasteiger partial charge in [0.25, 0.3) is 0 Å². The van der Waals surface area contributed by atoms with Crippen molar-refractivity contribution in [3.05, 3.63) is 252 Å². The van der Waals surface area contributed by atoms with E-state index in [1.165, 1.54) is 71.9 Å². The fourth-order valence-corrected chi connectivity index (χ4v) is 10.2. The molecule has 0 radical (unpaired) electrons. The molecule has 64 heavy (non-hydrogen) atoms. The first-order chi connectivity index (χ1) is 31.5. The lowest BCUT2D eigenvalue weighted by Crippen LogP contribution is -2.25. The van der Waals surface area contributed by atoms with Crippen LogP contribution in [-0.4, -0.2) is 10.3 Å². The first-order valence-corrected chi connectivity index (χ1v) is 22.2. The van der Waals surface area contributed by atoms with E-state index in [0.29, 0.717) is 0 Å². The molecule has 3 heteroatoms. The van der Waals surface area contributed by atoms with Crippen LogP contribution in [0.3, 0.4) is 0 Å². The molecule has 1 atom stereocenters. The van der Waals surface area contributed by atoms with Gasteiger partial charge in [-0.1, -0.05) is 184 Å². The largest absolute Gasteiger partial charge is 0.360 e. The molecule has 0 saturated heterocycles. The normalized spacial score (nSPS) is 15.0. The van der Waals surface area contributed by atoms with Crippen LogP contribution in [0.15, 0.2) is 229 Å². The molecule has 0 bridgehead atoms. The number of benzene rings is 9. The highest BCUT2D eigenvalue weighted by Crippen LogP contribution is 2.49. The molecule has 2 heterocycles. The molecule has 10 aromatic rings. The van der Waals surface area contributed by atoms with Gasteiger partial charge in [-0.2, -0.15) is 0 Å². The smallest absolute Gasteiger partial charge is 0.145 e. The van der Waals surface area contributed by atoms with Gasteiger partial charge in [0.2, 0.25) is 0 Å². The Kier molecular flexibility index (Phi) is 8.91. The Balaban J connectivity index is 0.953. The number of fused-ring (bicyclic) bond motifs is 6. The molecule has 12 rings (SSSR count). The standard InChI is InChI=1S/C61H45N3/c1-61(2)53-29-13-12-27-50(53)51-33-31-44(38-54(51)61)42-21-14-23-46(35-42)56-39-55(41-19-8-4-9-20-41)62-60(63-56)47-24-15-22-45(36-47)49-28-16-30-58-59(49)52-37-43(40-17-6-3-7-18-40)32-34-57(52)64(58)48-25-10-5-11-26-48/h3-39,60,63H,1-2H3. The maximum atomic E-state index is 5.41. The Labute approximate surface area is 374 Å². The van der Waals surface area contributed by atoms with Gasteiger partial charge in [0.1, 0.15) is 6.17 Å². The maximum absolute atomic E-state index is 5.41. The highest BCUT2D eigenvalue weighted by molar-refractivity contribution is 6.17. The Morgan fingerprint density at radius 3 is 1.88 bits per heavy atom. The van der Waals surface area contributed by atoms with Gasteiger partial charge in [-0.3, -0.25) is 4.99 Å². The fraction of sp³-hybridized carbons (Fsp3) is 0.0656. The predicted octanol–water partition coefficient (Wildman–Crippen LogP) is 15.2. The molecule has 1 unspecified atom stereocenters. The third-order valence-electron chi connectivity index (χ3n) is 13.4. The Bertz CT molecular complexity index is 3480. The zero-order valence-electron chi connectivity index (χ0n) is 35.8. The Hall–Kier alpha value is -8.01. The molecule has 1 aliphatic heterocycles. The highest BCUT2D eigenvalue weighted by Gasteiger charge is 2.35. The molecule has 3 nitrogen and oxygen atoms in total. The van der Waals surface area contributed by atoms with E-state index in [0.717, 1.165) is 39.3 Å². The van der Waals surface area contributed by atoms with Crippen LogP contribution in [-0.2, 0) is 5.41 Å². The molecule has 304 valence electrons. The summed E-state index contributed by atoms with van der Waals surface area (Å²) in [5.41, 5.74) is 21.3. The first kappa shape index (κ1) is 37.7. The van der Waals surface area contributed by atoms with E-state index >= 15 is 0 Å². The van der Waals surface area contributed by atoms with Crippen molar-refractivity contribution >= 4 is 33.2 Å². The molecule has 0 fully saturated rings. The molecular formula is C61H45N3. The second-order valence-corrected chi connectivity index (χ2v) is 17.6. The summed E-state index contributed by atoms with van der Waals surface area (Å²) in [6, 6.07) is 79.3. The number of nitrogens with zero attached hydrogens (tertiary/aromatic N) is 2. The van der Waals surface area contributed by atoms with Crippen LogP contribution in [0.1, 0.15) is 47.8 Å². The molecule has 0 amide bonds. The predicted molar refractivity (Wildman–Crippen MR) is 268 cm³/mol. The molecular weight excluding hydrogens is 775 g/mol. The Morgan fingerprint density at radius 2 is 1.05 bits per heavy atom. The van der Waals surface area contributed by atoms with Gasteiger partial charge >= 0.3 is 0 Å². The quantitative estimate of drug-likeness (QED) is 0.171. The summed E-state index contributed by atoms with van der Waals surface area (Å²) in [5, 5.41) is 6.36. The fourth-order valence-electron chi connectivity index (χ4n) is 10.2. The second-order valence-electron chi connectivity index (χ2n) is 17.6. The summed E-state index contributed by atoms with van der Waals surface area (Å²) in [6.07, 6.45) is 1.90. The summed E-state index contributed by atoms with van der Waals surface area (Å²) in [5.74, 6) is 0. The van der Waals surface area contributed by atoms with Gasteiger partial charge in [0.15, 0.2) is 0 Å². The van der Waals surface area contributed by atoms with E-state index in [9.17, 15) is 0 Å². The minimum atomic E-state index is -0.312. The number of aromatic nitrogens is 1. The summed E-state index contributed by atoms with van der Waals surface area (Å²) < 4.78 is 2.40. The van der Waals surface area contributed by atoms with Crippen LogP contribution < -0.4 is 5.32 Å². The lowest BCUT2D eigenvalue weighted by Gasteiger charge is -2.26. The van der Waals surface area contributed by atoms with E-state index in [4.69, 9.17) is 4.99 Å². The topological polar surface area (TPSA) is 29.3 Å². The average Bonchev–Trinajstić information content (AvgIpc) is 3.82. The van der Waals surface area contributed by atoms with Crippen molar-refractivity contribution in [1.82, 2.24) is 9.88 Å². The van der Waals surface area contributed by atoms with Gasteiger partial charge in [-0.25, -0.2) is 0 Å². The van der Waals surface area contributed by atoms with E-state index in [1.54, 1.807) is 0 Å². The number of hydrogen-bond acceptors (Lipinski definition) is 2. The molecule has 1 aromatic heterocycles. The van der Waals surface area contributed by atoms with Crippen LogP contribution in [0.4, 0.5) is 0 Å². The minimum absolute atomic E-state index is 0.0641. The summed E-state index contributed by atoms with van der Waals surface area (Å²) in [7, 11) is 0. The van der Waals surface area contributed by atoms with Crippen LogP contribution in [0, 0.1) is 0 Å². The average molecular weight is 820 g/mol. The van der Waals surface area contributed by atoms with Crippen molar-refractivity contribution in [3.63, 3.8) is 0 Å². The molecule has 1 N–H and O–H groups in total. The van der Waals surface area contributed by atoms with Gasteiger partial charge in [-0.05, 0) is 127 Å². The molecule has 2 aliphatic rings. The molecule has 1 aliphatic carbocycles. The second kappa shape index (κ2) is 15.1. The number of aliphatic imine (C=N–C) groups is 1. The zero-order chi connectivity index (χ0) is 42.8. The van der Waals surface area contributed by atoms with Gasteiger partial charge in [0.05, 0.1) is 16.7 Å². The molecule has 0 saturated carbocycles. The summed E-state index contributed by atoms with van der Waals surface area (Å²) in [6.45, 7) is 4.69. The molecule has 9 aromatic carbocycles. The van der Waals surface area contributed by atoms with E-state index in [-0.39, 0.29) is 11.6 Å². The van der Waals surface area contributed by atoms with Crippen molar-refractivity contribution in [1.29, 1.82) is 0 Å². The minimum Gasteiger partial charge on any atom is -0.360 e. The summed E-state index contributed by atoms with van der Waals surface area (Å²) >= 11 is 0. The van der Waals surface area contributed by atoms with Gasteiger partial charge in [0, 0.05) is 27.6 Å². The maximum Gasteiger partial charge on any atom is 0.145 e.